The minimum absolute atomic E-state index is 0.800. The number of benzene rings is 1. The topological polar surface area (TPSA) is 3.24 Å². The van der Waals surface area contributed by atoms with Crippen LogP contribution in [0.15, 0.2) is 36.9 Å². The number of anilines is 1. The fourth-order valence-electron chi connectivity index (χ4n) is 1.17. The molecule has 1 aromatic rings. The van der Waals surface area contributed by atoms with Crippen molar-refractivity contribution < 1.29 is 0 Å². The molecule has 1 rings (SSSR count). The van der Waals surface area contributed by atoms with Crippen LogP contribution in [0.5, 0.6) is 0 Å². The monoisotopic (exact) mass is 195 g/mol. The first-order valence-electron chi connectivity index (χ1n) is 4.32. The first-order chi connectivity index (χ1) is 6.25. The Morgan fingerprint density at radius 1 is 1.46 bits per heavy atom. The van der Waals surface area contributed by atoms with Crippen molar-refractivity contribution in [2.24, 2.45) is 0 Å². The second-order valence-corrected chi connectivity index (χ2v) is 3.36. The largest absolute Gasteiger partial charge is 0.373 e. The molecule has 0 aliphatic rings. The molecule has 0 fully saturated rings. The van der Waals surface area contributed by atoms with Crippen molar-refractivity contribution in [3.8, 4) is 0 Å². The highest BCUT2D eigenvalue weighted by atomic mass is 35.5. The van der Waals surface area contributed by atoms with E-state index in [1.807, 2.05) is 37.4 Å². The zero-order valence-electron chi connectivity index (χ0n) is 7.83. The Bertz CT molecular complexity index is 283. The van der Waals surface area contributed by atoms with Crippen molar-refractivity contribution in [1.29, 1.82) is 0 Å². The maximum Gasteiger partial charge on any atom is 0.0639 e. The average molecular weight is 196 g/mol. The number of rotatable bonds is 4. The number of hydrogen-bond donors (Lipinski definition) is 0. The third kappa shape index (κ3) is 2.78. The molecule has 13 heavy (non-hydrogen) atoms. The summed E-state index contributed by atoms with van der Waals surface area (Å²) in [5.41, 5.74) is 1.08. The van der Waals surface area contributed by atoms with Gasteiger partial charge in [-0.3, -0.25) is 0 Å². The minimum atomic E-state index is 0.800. The van der Waals surface area contributed by atoms with Crippen molar-refractivity contribution in [2.45, 2.75) is 6.42 Å². The molecule has 0 heterocycles. The van der Waals surface area contributed by atoms with E-state index in [4.69, 9.17) is 11.6 Å². The zero-order valence-corrected chi connectivity index (χ0v) is 8.59. The second kappa shape index (κ2) is 4.93. The van der Waals surface area contributed by atoms with Gasteiger partial charge in [0.25, 0.3) is 0 Å². The van der Waals surface area contributed by atoms with E-state index in [1.165, 1.54) is 0 Å². The average Bonchev–Trinajstić information content (AvgIpc) is 2.15. The van der Waals surface area contributed by atoms with Crippen molar-refractivity contribution in [1.82, 2.24) is 0 Å². The molecule has 0 unspecified atom stereocenters. The quantitative estimate of drug-likeness (QED) is 0.666. The van der Waals surface area contributed by atoms with E-state index in [2.05, 4.69) is 11.5 Å². The van der Waals surface area contributed by atoms with Crippen molar-refractivity contribution in [3.63, 3.8) is 0 Å². The highest BCUT2D eigenvalue weighted by Crippen LogP contribution is 2.23. The molecule has 0 saturated heterocycles. The lowest BCUT2D eigenvalue weighted by Crippen LogP contribution is -2.18. The van der Waals surface area contributed by atoms with Crippen LogP contribution in [0.25, 0.3) is 0 Å². The molecule has 0 aromatic heterocycles. The van der Waals surface area contributed by atoms with Crippen LogP contribution in [-0.4, -0.2) is 13.6 Å². The van der Waals surface area contributed by atoms with E-state index in [0.717, 1.165) is 23.7 Å². The third-order valence-electron chi connectivity index (χ3n) is 1.93. The van der Waals surface area contributed by atoms with Gasteiger partial charge >= 0.3 is 0 Å². The highest BCUT2D eigenvalue weighted by molar-refractivity contribution is 6.33. The smallest absolute Gasteiger partial charge is 0.0639 e. The molecule has 0 amide bonds. The molecular formula is C11H14ClN. The van der Waals surface area contributed by atoms with Crippen LogP contribution in [0.4, 0.5) is 5.69 Å². The van der Waals surface area contributed by atoms with E-state index in [1.54, 1.807) is 0 Å². The molecule has 0 N–H and O–H groups in total. The fourth-order valence-corrected chi connectivity index (χ4v) is 1.45. The van der Waals surface area contributed by atoms with Gasteiger partial charge in [0, 0.05) is 13.6 Å². The summed E-state index contributed by atoms with van der Waals surface area (Å²) in [5, 5.41) is 0.800. The molecule has 0 bridgehead atoms. The van der Waals surface area contributed by atoms with Crippen molar-refractivity contribution in [3.05, 3.63) is 41.9 Å². The van der Waals surface area contributed by atoms with Gasteiger partial charge in [0.1, 0.15) is 0 Å². The molecule has 1 aromatic carbocycles. The molecule has 0 aliphatic carbocycles. The molecule has 0 saturated carbocycles. The van der Waals surface area contributed by atoms with Crippen LogP contribution in [0, 0.1) is 0 Å². The summed E-state index contributed by atoms with van der Waals surface area (Å²) in [6, 6.07) is 7.85. The van der Waals surface area contributed by atoms with Crippen LogP contribution in [0.3, 0.4) is 0 Å². The normalized spacial score (nSPS) is 9.69. The highest BCUT2D eigenvalue weighted by Gasteiger charge is 2.02. The van der Waals surface area contributed by atoms with E-state index in [-0.39, 0.29) is 0 Å². The lowest BCUT2D eigenvalue weighted by atomic mass is 10.3. The Hall–Kier alpha value is -0.950. The van der Waals surface area contributed by atoms with Gasteiger partial charge in [0.2, 0.25) is 0 Å². The Kier molecular flexibility index (Phi) is 3.84. The van der Waals surface area contributed by atoms with E-state index >= 15 is 0 Å². The van der Waals surface area contributed by atoms with E-state index in [9.17, 15) is 0 Å². The van der Waals surface area contributed by atoms with Gasteiger partial charge in [0.15, 0.2) is 0 Å². The van der Waals surface area contributed by atoms with Gasteiger partial charge in [-0.05, 0) is 18.6 Å². The molecule has 2 heteroatoms. The maximum atomic E-state index is 6.03. The summed E-state index contributed by atoms with van der Waals surface area (Å²) in [6.07, 6.45) is 2.88. The van der Waals surface area contributed by atoms with Gasteiger partial charge in [-0.15, -0.1) is 6.58 Å². The Balaban J connectivity index is 2.70. The van der Waals surface area contributed by atoms with E-state index in [0.29, 0.717) is 0 Å². The summed E-state index contributed by atoms with van der Waals surface area (Å²) >= 11 is 6.03. The predicted molar refractivity (Wildman–Crippen MR) is 59.5 cm³/mol. The molecule has 0 radical (unpaired) electrons. The SMILES string of the molecule is C=CCCN(C)c1ccccc1Cl. The lowest BCUT2D eigenvalue weighted by Gasteiger charge is -2.19. The minimum Gasteiger partial charge on any atom is -0.373 e. The second-order valence-electron chi connectivity index (χ2n) is 2.95. The summed E-state index contributed by atoms with van der Waals surface area (Å²) in [6.45, 7) is 4.64. The number of nitrogens with zero attached hydrogens (tertiary/aromatic N) is 1. The third-order valence-corrected chi connectivity index (χ3v) is 2.25. The molecule has 0 atom stereocenters. The Morgan fingerprint density at radius 2 is 2.15 bits per heavy atom. The van der Waals surface area contributed by atoms with Crippen LogP contribution in [0.1, 0.15) is 6.42 Å². The lowest BCUT2D eigenvalue weighted by molar-refractivity contribution is 0.900. The van der Waals surface area contributed by atoms with Gasteiger partial charge in [-0.2, -0.15) is 0 Å². The summed E-state index contributed by atoms with van der Waals surface area (Å²) < 4.78 is 0. The van der Waals surface area contributed by atoms with Crippen LogP contribution in [-0.2, 0) is 0 Å². The van der Waals surface area contributed by atoms with Crippen LogP contribution < -0.4 is 4.90 Å². The number of halogens is 1. The van der Waals surface area contributed by atoms with Gasteiger partial charge < -0.3 is 4.90 Å². The number of hydrogen-bond acceptors (Lipinski definition) is 1. The summed E-state index contributed by atoms with van der Waals surface area (Å²) in [7, 11) is 2.03. The molecule has 1 nitrogen and oxygen atoms in total. The maximum absolute atomic E-state index is 6.03. The molecule has 0 spiro atoms. The van der Waals surface area contributed by atoms with Crippen molar-refractivity contribution in [2.75, 3.05) is 18.5 Å². The standard InChI is InChI=1S/C11H14ClN/c1-3-4-9-13(2)11-8-6-5-7-10(11)12/h3,5-8H,1,4,9H2,2H3. The summed E-state index contributed by atoms with van der Waals surface area (Å²) in [5.74, 6) is 0. The van der Waals surface area contributed by atoms with Gasteiger partial charge in [0.05, 0.1) is 10.7 Å². The Morgan fingerprint density at radius 3 is 2.77 bits per heavy atom. The first-order valence-corrected chi connectivity index (χ1v) is 4.70. The molecule has 70 valence electrons. The van der Waals surface area contributed by atoms with Gasteiger partial charge in [-0.25, -0.2) is 0 Å². The number of para-hydroxylation sites is 1. The first kappa shape index (κ1) is 10.1. The summed E-state index contributed by atoms with van der Waals surface area (Å²) in [4.78, 5) is 2.13. The molecule has 0 aliphatic heterocycles. The van der Waals surface area contributed by atoms with E-state index < -0.39 is 0 Å². The molecular weight excluding hydrogens is 182 g/mol. The fraction of sp³-hybridized carbons (Fsp3) is 0.273. The van der Waals surface area contributed by atoms with Gasteiger partial charge in [-0.1, -0.05) is 29.8 Å². The zero-order chi connectivity index (χ0) is 9.68. The van der Waals surface area contributed by atoms with Crippen molar-refractivity contribution >= 4 is 17.3 Å². The van der Waals surface area contributed by atoms with Crippen LogP contribution >= 0.6 is 11.6 Å². The van der Waals surface area contributed by atoms with Crippen LogP contribution in [0.2, 0.25) is 5.02 Å². The Labute approximate surface area is 84.6 Å². The predicted octanol–water partition coefficient (Wildman–Crippen LogP) is 3.35.